The Labute approximate surface area is 130 Å². The Morgan fingerprint density at radius 2 is 2.23 bits per heavy atom. The minimum atomic E-state index is -0.0600. The van der Waals surface area contributed by atoms with Crippen molar-refractivity contribution in [3.05, 3.63) is 36.5 Å². The Balaban J connectivity index is 1.50. The van der Waals surface area contributed by atoms with Crippen LogP contribution in [0.15, 0.2) is 31.0 Å². The second-order valence-electron chi connectivity index (χ2n) is 5.79. The van der Waals surface area contributed by atoms with Gasteiger partial charge < -0.3 is 5.32 Å². The Kier molecular flexibility index (Phi) is 4.78. The van der Waals surface area contributed by atoms with Crippen LogP contribution in [0.3, 0.4) is 0 Å². The molecule has 3 rings (SSSR count). The summed E-state index contributed by atoms with van der Waals surface area (Å²) >= 11 is 0. The average molecular weight is 299 g/mol. The number of carbonyl (C=O) groups excluding carboxylic acids is 1. The minimum Gasteiger partial charge on any atom is -0.352 e. The lowest BCUT2D eigenvalue weighted by molar-refractivity contribution is 0.0952. The maximum atomic E-state index is 12.2. The number of carbonyl (C=O) groups is 1. The third kappa shape index (κ3) is 3.69. The molecule has 1 aliphatic rings. The zero-order valence-corrected chi connectivity index (χ0v) is 12.6. The zero-order valence-electron chi connectivity index (χ0n) is 12.6. The van der Waals surface area contributed by atoms with E-state index in [1.165, 1.54) is 43.1 Å². The molecule has 6 heteroatoms. The zero-order chi connectivity index (χ0) is 15.2. The van der Waals surface area contributed by atoms with E-state index in [9.17, 15) is 4.79 Å². The Morgan fingerprint density at radius 3 is 3.00 bits per heavy atom. The van der Waals surface area contributed by atoms with Gasteiger partial charge in [-0.1, -0.05) is 25.7 Å². The number of hydrogen-bond donors (Lipinski definition) is 1. The monoisotopic (exact) mass is 299 g/mol. The molecule has 1 aliphatic carbocycles. The predicted octanol–water partition coefficient (Wildman–Crippen LogP) is 2.36. The van der Waals surface area contributed by atoms with Crippen LogP contribution in [0.4, 0.5) is 0 Å². The Hall–Kier alpha value is -2.24. The molecule has 0 radical (unpaired) electrons. The summed E-state index contributed by atoms with van der Waals surface area (Å²) in [4.78, 5) is 20.3. The highest BCUT2D eigenvalue weighted by molar-refractivity contribution is 5.94. The molecule has 2 aromatic heterocycles. The van der Waals surface area contributed by atoms with Crippen molar-refractivity contribution in [3.8, 4) is 5.82 Å². The molecule has 116 valence electrons. The second-order valence-corrected chi connectivity index (χ2v) is 5.79. The van der Waals surface area contributed by atoms with Gasteiger partial charge in [-0.05, 0) is 30.9 Å². The van der Waals surface area contributed by atoms with Crippen LogP contribution in [0, 0.1) is 5.92 Å². The summed E-state index contributed by atoms with van der Waals surface area (Å²) in [6, 6.07) is 3.44. The van der Waals surface area contributed by atoms with E-state index in [1.807, 2.05) is 0 Å². The lowest BCUT2D eigenvalue weighted by Crippen LogP contribution is -2.25. The third-order valence-corrected chi connectivity index (χ3v) is 4.21. The standard InChI is InChI=1S/C16H21N5O/c22-16(19-8-3-6-13-4-1-2-5-13)14-7-9-18-15(10-14)21-12-17-11-20-21/h7,9-13H,1-6,8H2,(H,19,22). The molecule has 0 atom stereocenters. The summed E-state index contributed by atoms with van der Waals surface area (Å²) in [5.74, 6) is 1.41. The maximum Gasteiger partial charge on any atom is 0.251 e. The number of nitrogens with zero attached hydrogens (tertiary/aromatic N) is 4. The van der Waals surface area contributed by atoms with Gasteiger partial charge in [0, 0.05) is 18.3 Å². The molecule has 1 fully saturated rings. The smallest absolute Gasteiger partial charge is 0.251 e. The van der Waals surface area contributed by atoms with Crippen molar-refractivity contribution in [1.29, 1.82) is 0 Å². The molecule has 0 bridgehead atoms. The van der Waals surface area contributed by atoms with Gasteiger partial charge in [0.25, 0.3) is 5.91 Å². The third-order valence-electron chi connectivity index (χ3n) is 4.21. The van der Waals surface area contributed by atoms with E-state index in [0.717, 1.165) is 18.9 Å². The minimum absolute atomic E-state index is 0.0600. The van der Waals surface area contributed by atoms with Crippen molar-refractivity contribution in [2.24, 2.45) is 5.92 Å². The average Bonchev–Trinajstić information content (AvgIpc) is 3.24. The number of pyridine rings is 1. The molecule has 1 N–H and O–H groups in total. The van der Waals surface area contributed by atoms with Gasteiger partial charge in [-0.3, -0.25) is 4.79 Å². The summed E-state index contributed by atoms with van der Waals surface area (Å²) < 4.78 is 1.54. The van der Waals surface area contributed by atoms with Crippen LogP contribution < -0.4 is 5.32 Å². The number of nitrogens with one attached hydrogen (secondary N) is 1. The van der Waals surface area contributed by atoms with E-state index < -0.39 is 0 Å². The van der Waals surface area contributed by atoms with E-state index in [2.05, 4.69) is 20.4 Å². The topological polar surface area (TPSA) is 72.7 Å². The normalized spacial score (nSPS) is 15.1. The van der Waals surface area contributed by atoms with Crippen LogP contribution in [-0.4, -0.2) is 32.2 Å². The Bertz CT molecular complexity index is 605. The first-order chi connectivity index (χ1) is 10.8. The predicted molar refractivity (Wildman–Crippen MR) is 82.7 cm³/mol. The van der Waals surface area contributed by atoms with Crippen LogP contribution in [0.5, 0.6) is 0 Å². The van der Waals surface area contributed by atoms with Gasteiger partial charge in [-0.25, -0.2) is 14.6 Å². The lowest BCUT2D eigenvalue weighted by atomic mass is 10.0. The molecule has 1 amide bonds. The highest BCUT2D eigenvalue weighted by Gasteiger charge is 2.14. The van der Waals surface area contributed by atoms with E-state index in [4.69, 9.17) is 0 Å². The highest BCUT2D eigenvalue weighted by Crippen LogP contribution is 2.28. The fourth-order valence-electron chi connectivity index (χ4n) is 3.01. The molecule has 0 saturated heterocycles. The van der Waals surface area contributed by atoms with Gasteiger partial charge in [0.2, 0.25) is 0 Å². The van der Waals surface area contributed by atoms with Crippen molar-refractivity contribution in [2.45, 2.75) is 38.5 Å². The van der Waals surface area contributed by atoms with Gasteiger partial charge in [0.15, 0.2) is 5.82 Å². The van der Waals surface area contributed by atoms with Crippen LogP contribution >= 0.6 is 0 Å². The van der Waals surface area contributed by atoms with Gasteiger partial charge >= 0.3 is 0 Å². The first-order valence-electron chi connectivity index (χ1n) is 7.92. The van der Waals surface area contributed by atoms with Crippen LogP contribution in [0.1, 0.15) is 48.9 Å². The Morgan fingerprint density at radius 1 is 1.36 bits per heavy atom. The first kappa shape index (κ1) is 14.7. The largest absolute Gasteiger partial charge is 0.352 e. The molecular formula is C16H21N5O. The summed E-state index contributed by atoms with van der Waals surface area (Å²) in [5, 5.41) is 7.00. The van der Waals surface area contributed by atoms with Crippen molar-refractivity contribution < 1.29 is 4.79 Å². The van der Waals surface area contributed by atoms with Crippen LogP contribution in [-0.2, 0) is 0 Å². The quantitative estimate of drug-likeness (QED) is 0.831. The van der Waals surface area contributed by atoms with Crippen molar-refractivity contribution in [2.75, 3.05) is 6.54 Å². The van der Waals surface area contributed by atoms with E-state index in [-0.39, 0.29) is 5.91 Å². The molecule has 6 nitrogen and oxygen atoms in total. The molecule has 0 unspecified atom stereocenters. The van der Waals surface area contributed by atoms with Gasteiger partial charge in [0.1, 0.15) is 12.7 Å². The summed E-state index contributed by atoms with van der Waals surface area (Å²) in [6.45, 7) is 0.732. The molecular weight excluding hydrogens is 278 g/mol. The summed E-state index contributed by atoms with van der Waals surface area (Å²) in [7, 11) is 0. The van der Waals surface area contributed by atoms with E-state index in [1.54, 1.807) is 24.7 Å². The van der Waals surface area contributed by atoms with Gasteiger partial charge in [0.05, 0.1) is 0 Å². The van der Waals surface area contributed by atoms with E-state index >= 15 is 0 Å². The first-order valence-corrected chi connectivity index (χ1v) is 7.92. The molecule has 0 aromatic carbocycles. The van der Waals surface area contributed by atoms with Crippen LogP contribution in [0.2, 0.25) is 0 Å². The molecule has 2 aromatic rings. The SMILES string of the molecule is O=C(NCCCC1CCCC1)c1ccnc(-n2cncn2)c1. The number of amides is 1. The van der Waals surface area contributed by atoms with Crippen molar-refractivity contribution in [3.63, 3.8) is 0 Å². The van der Waals surface area contributed by atoms with Gasteiger partial charge in [-0.15, -0.1) is 0 Å². The van der Waals surface area contributed by atoms with E-state index in [0.29, 0.717) is 11.4 Å². The van der Waals surface area contributed by atoms with Gasteiger partial charge in [-0.2, -0.15) is 5.10 Å². The van der Waals surface area contributed by atoms with Crippen LogP contribution in [0.25, 0.3) is 5.82 Å². The number of aromatic nitrogens is 4. The highest BCUT2D eigenvalue weighted by atomic mass is 16.1. The fourth-order valence-corrected chi connectivity index (χ4v) is 3.01. The van der Waals surface area contributed by atoms with Crippen molar-refractivity contribution >= 4 is 5.91 Å². The maximum absolute atomic E-state index is 12.2. The number of rotatable bonds is 6. The molecule has 22 heavy (non-hydrogen) atoms. The van der Waals surface area contributed by atoms with Crippen molar-refractivity contribution in [1.82, 2.24) is 25.1 Å². The molecule has 2 heterocycles. The number of hydrogen-bond acceptors (Lipinski definition) is 4. The summed E-state index contributed by atoms with van der Waals surface area (Å²) in [5.41, 5.74) is 0.598. The second kappa shape index (κ2) is 7.15. The summed E-state index contributed by atoms with van der Waals surface area (Å²) in [6.07, 6.45) is 12.4. The lowest BCUT2D eigenvalue weighted by Gasteiger charge is -2.09. The fraction of sp³-hybridized carbons (Fsp3) is 0.500. The molecule has 0 aliphatic heterocycles. The molecule has 0 spiro atoms. The molecule has 1 saturated carbocycles.